The van der Waals surface area contributed by atoms with Gasteiger partial charge in [-0.3, -0.25) is 19.3 Å². The van der Waals surface area contributed by atoms with E-state index in [0.717, 1.165) is 4.47 Å². The van der Waals surface area contributed by atoms with Gasteiger partial charge in [0.05, 0.1) is 17.8 Å². The number of hydrogen-bond acceptors (Lipinski definition) is 3. The van der Waals surface area contributed by atoms with Gasteiger partial charge in [-0.05, 0) is 54.6 Å². The lowest BCUT2D eigenvalue weighted by atomic mass is 10.0. The predicted molar refractivity (Wildman–Crippen MR) is 125 cm³/mol. The Kier molecular flexibility index (Phi) is 6.06. The summed E-state index contributed by atoms with van der Waals surface area (Å²) in [6.45, 7) is 0. The van der Waals surface area contributed by atoms with Crippen molar-refractivity contribution in [1.82, 2.24) is 0 Å². The molecule has 31 heavy (non-hydrogen) atoms. The molecule has 3 amide bonds. The molecule has 0 fully saturated rings. The van der Waals surface area contributed by atoms with Crippen LogP contribution in [0.25, 0.3) is 0 Å². The number of amides is 3. The van der Waals surface area contributed by atoms with Crippen LogP contribution in [0.5, 0.6) is 0 Å². The number of benzene rings is 3. The molecule has 1 heterocycles. The number of carbonyl (C=O) groups excluding carboxylic acids is 3. The Morgan fingerprint density at radius 1 is 1.03 bits per heavy atom. The number of anilines is 3. The minimum Gasteiger partial charge on any atom is -0.326 e. The Labute approximate surface area is 192 Å². The molecule has 0 unspecified atom stereocenters. The van der Waals surface area contributed by atoms with Crippen molar-refractivity contribution in [3.05, 3.63) is 87.9 Å². The van der Waals surface area contributed by atoms with Gasteiger partial charge in [-0.2, -0.15) is 0 Å². The summed E-state index contributed by atoms with van der Waals surface area (Å²) in [7, 11) is 0. The van der Waals surface area contributed by atoms with Crippen LogP contribution in [0.15, 0.2) is 77.3 Å². The summed E-state index contributed by atoms with van der Waals surface area (Å²) in [5, 5.41) is 6.01. The number of carbonyl (C=O) groups is 3. The molecule has 0 saturated heterocycles. The van der Waals surface area contributed by atoms with Gasteiger partial charge < -0.3 is 10.6 Å². The highest BCUT2D eigenvalue weighted by atomic mass is 79.9. The van der Waals surface area contributed by atoms with E-state index in [1.807, 2.05) is 0 Å². The number of rotatable bonds is 4. The molecule has 0 spiro atoms. The highest BCUT2D eigenvalue weighted by Crippen LogP contribution is 2.34. The lowest BCUT2D eigenvalue weighted by Gasteiger charge is -2.36. The molecule has 156 valence electrons. The number of nitrogens with one attached hydrogen (secondary N) is 2. The van der Waals surface area contributed by atoms with Crippen LogP contribution in [0.3, 0.4) is 0 Å². The molecule has 0 bridgehead atoms. The van der Waals surface area contributed by atoms with Crippen LogP contribution in [-0.4, -0.2) is 23.8 Å². The number of halogens is 2. The second-order valence-corrected chi connectivity index (χ2v) is 8.32. The Morgan fingerprint density at radius 3 is 2.52 bits per heavy atom. The second-order valence-electron chi connectivity index (χ2n) is 6.97. The van der Waals surface area contributed by atoms with Crippen LogP contribution in [0.4, 0.5) is 17.1 Å². The van der Waals surface area contributed by atoms with E-state index in [0.29, 0.717) is 27.6 Å². The summed E-state index contributed by atoms with van der Waals surface area (Å²) in [6.07, 6.45) is -0.213. The maximum atomic E-state index is 13.4. The van der Waals surface area contributed by atoms with E-state index in [1.165, 1.54) is 4.90 Å². The number of para-hydroxylation sites is 2. The van der Waals surface area contributed by atoms with Crippen molar-refractivity contribution in [3.63, 3.8) is 0 Å². The SMILES string of the molecule is O=C(C[C@@H]1C(=O)Nc2ccccc2N1C(=O)c1ccc(Br)cc1)Nc1cccc(Cl)c1. The fraction of sp³-hybridized carbons (Fsp3) is 0.0870. The third-order valence-corrected chi connectivity index (χ3v) is 5.60. The van der Waals surface area contributed by atoms with Gasteiger partial charge in [-0.25, -0.2) is 0 Å². The summed E-state index contributed by atoms with van der Waals surface area (Å²) in [5.41, 5.74) is 1.98. The van der Waals surface area contributed by atoms with Gasteiger partial charge in [0, 0.05) is 20.7 Å². The molecule has 0 aromatic heterocycles. The van der Waals surface area contributed by atoms with Crippen LogP contribution in [-0.2, 0) is 9.59 Å². The first-order chi connectivity index (χ1) is 14.9. The first kappa shape index (κ1) is 21.1. The number of nitrogens with zero attached hydrogens (tertiary/aromatic N) is 1. The fourth-order valence-electron chi connectivity index (χ4n) is 3.41. The molecule has 0 radical (unpaired) electrons. The maximum Gasteiger partial charge on any atom is 0.259 e. The zero-order chi connectivity index (χ0) is 22.0. The molecule has 3 aromatic rings. The Bertz CT molecular complexity index is 1170. The molecule has 1 atom stereocenters. The van der Waals surface area contributed by atoms with Gasteiger partial charge >= 0.3 is 0 Å². The maximum absolute atomic E-state index is 13.4. The molecule has 8 heteroatoms. The van der Waals surface area contributed by atoms with Gasteiger partial charge in [0.15, 0.2) is 0 Å². The van der Waals surface area contributed by atoms with E-state index in [2.05, 4.69) is 26.6 Å². The van der Waals surface area contributed by atoms with Crippen LogP contribution < -0.4 is 15.5 Å². The van der Waals surface area contributed by atoms with Crippen molar-refractivity contribution in [1.29, 1.82) is 0 Å². The molecule has 0 saturated carbocycles. The molecular weight excluding hydrogens is 482 g/mol. The van der Waals surface area contributed by atoms with E-state index in [1.54, 1.807) is 72.8 Å². The molecule has 0 aliphatic carbocycles. The number of hydrogen-bond donors (Lipinski definition) is 2. The standard InChI is InChI=1S/C23H17BrClN3O3/c24-15-10-8-14(9-11-15)23(31)28-19-7-2-1-6-18(19)27-22(30)20(28)13-21(29)26-17-5-3-4-16(25)12-17/h1-12,20H,13H2,(H,26,29)(H,27,30)/t20-/m1/s1. The van der Waals surface area contributed by atoms with Crippen molar-refractivity contribution in [3.8, 4) is 0 Å². The summed E-state index contributed by atoms with van der Waals surface area (Å²) in [6, 6.07) is 19.6. The summed E-state index contributed by atoms with van der Waals surface area (Å²) in [4.78, 5) is 40.4. The number of fused-ring (bicyclic) bond motifs is 1. The average molecular weight is 499 g/mol. The van der Waals surface area contributed by atoms with E-state index >= 15 is 0 Å². The van der Waals surface area contributed by atoms with Gasteiger partial charge in [0.2, 0.25) is 11.8 Å². The molecule has 3 aromatic carbocycles. The minimum absolute atomic E-state index is 0.213. The van der Waals surface area contributed by atoms with Crippen LogP contribution in [0.1, 0.15) is 16.8 Å². The van der Waals surface area contributed by atoms with Gasteiger partial charge in [-0.15, -0.1) is 0 Å². The summed E-state index contributed by atoms with van der Waals surface area (Å²) in [5.74, 6) is -1.20. The average Bonchev–Trinajstić information content (AvgIpc) is 2.74. The quantitative estimate of drug-likeness (QED) is 0.525. The van der Waals surface area contributed by atoms with Gasteiger partial charge in [0.1, 0.15) is 6.04 Å². The molecule has 2 N–H and O–H groups in total. The summed E-state index contributed by atoms with van der Waals surface area (Å²) >= 11 is 9.33. The topological polar surface area (TPSA) is 78.5 Å². The van der Waals surface area contributed by atoms with Crippen molar-refractivity contribution >= 4 is 62.3 Å². The molecule has 1 aliphatic rings. The monoisotopic (exact) mass is 497 g/mol. The Balaban J connectivity index is 1.65. The third-order valence-electron chi connectivity index (χ3n) is 4.83. The normalized spacial score (nSPS) is 15.1. The van der Waals surface area contributed by atoms with Crippen molar-refractivity contribution in [2.45, 2.75) is 12.5 Å². The lowest BCUT2D eigenvalue weighted by molar-refractivity contribution is -0.122. The highest BCUT2D eigenvalue weighted by Gasteiger charge is 2.38. The highest BCUT2D eigenvalue weighted by molar-refractivity contribution is 9.10. The van der Waals surface area contributed by atoms with E-state index < -0.39 is 17.9 Å². The fourth-order valence-corrected chi connectivity index (χ4v) is 3.87. The first-order valence-electron chi connectivity index (χ1n) is 9.47. The largest absolute Gasteiger partial charge is 0.326 e. The predicted octanol–water partition coefficient (Wildman–Crippen LogP) is 5.10. The van der Waals surface area contributed by atoms with E-state index in [9.17, 15) is 14.4 Å². The second kappa shape index (κ2) is 8.91. The smallest absolute Gasteiger partial charge is 0.259 e. The zero-order valence-electron chi connectivity index (χ0n) is 16.1. The van der Waals surface area contributed by atoms with Crippen molar-refractivity contribution < 1.29 is 14.4 Å². The van der Waals surface area contributed by atoms with Crippen LogP contribution in [0.2, 0.25) is 5.02 Å². The zero-order valence-corrected chi connectivity index (χ0v) is 18.5. The lowest BCUT2D eigenvalue weighted by Crippen LogP contribution is -2.52. The Morgan fingerprint density at radius 2 is 1.77 bits per heavy atom. The molecule has 6 nitrogen and oxygen atoms in total. The van der Waals surface area contributed by atoms with Crippen LogP contribution in [0, 0.1) is 0 Å². The minimum atomic E-state index is -1.01. The third kappa shape index (κ3) is 4.62. The molecular formula is C23H17BrClN3O3. The van der Waals surface area contributed by atoms with E-state index in [-0.39, 0.29) is 12.3 Å². The molecule has 1 aliphatic heterocycles. The van der Waals surface area contributed by atoms with E-state index in [4.69, 9.17) is 11.6 Å². The molecule has 4 rings (SSSR count). The van der Waals surface area contributed by atoms with Gasteiger partial charge in [0.25, 0.3) is 5.91 Å². The summed E-state index contributed by atoms with van der Waals surface area (Å²) < 4.78 is 0.832. The Hall–Kier alpha value is -3.16. The van der Waals surface area contributed by atoms with Crippen molar-refractivity contribution in [2.24, 2.45) is 0 Å². The van der Waals surface area contributed by atoms with Gasteiger partial charge in [-0.1, -0.05) is 45.7 Å². The first-order valence-corrected chi connectivity index (χ1v) is 10.6. The van der Waals surface area contributed by atoms with Crippen LogP contribution >= 0.6 is 27.5 Å². The van der Waals surface area contributed by atoms with Crippen molar-refractivity contribution in [2.75, 3.05) is 15.5 Å².